The lowest BCUT2D eigenvalue weighted by atomic mass is 10.2. The summed E-state index contributed by atoms with van der Waals surface area (Å²) < 4.78 is 0. The molecule has 0 atom stereocenters. The van der Waals surface area contributed by atoms with Crippen molar-refractivity contribution in [3.05, 3.63) is 29.6 Å². The molecule has 2 heterocycles. The van der Waals surface area contributed by atoms with E-state index in [9.17, 15) is 0 Å². The minimum Gasteiger partial charge on any atom is -0.396 e. The molecule has 6 N–H and O–H groups in total. The van der Waals surface area contributed by atoms with Gasteiger partial charge in [0.15, 0.2) is 0 Å². The van der Waals surface area contributed by atoms with E-state index < -0.39 is 0 Å². The minimum atomic E-state index is 0.342. The fourth-order valence-electron chi connectivity index (χ4n) is 1.32. The van der Waals surface area contributed by atoms with Crippen molar-refractivity contribution in [1.29, 1.82) is 0 Å². The average molecular weight is 218 g/mol. The zero-order chi connectivity index (χ0) is 11.5. The molecule has 16 heavy (non-hydrogen) atoms. The number of nitrogen functional groups attached to an aromatic ring is 2. The van der Waals surface area contributed by atoms with Crippen LogP contribution in [-0.2, 0) is 6.54 Å². The van der Waals surface area contributed by atoms with Gasteiger partial charge in [-0.25, -0.2) is 4.98 Å². The second-order valence-electron chi connectivity index (χ2n) is 3.54. The number of rotatable bonds is 3. The quantitative estimate of drug-likeness (QED) is 0.612. The van der Waals surface area contributed by atoms with Gasteiger partial charge in [0.1, 0.15) is 11.6 Å². The average Bonchev–Trinajstić information content (AvgIpc) is 2.66. The molecule has 0 aliphatic heterocycles. The summed E-state index contributed by atoms with van der Waals surface area (Å²) in [6.45, 7) is 2.62. The molecular formula is C10H14N6. The number of aryl methyl sites for hydroxylation is 1. The number of nitrogens with zero attached hydrogens (tertiary/aromatic N) is 2. The third kappa shape index (κ3) is 2.05. The number of anilines is 3. The first-order valence-electron chi connectivity index (χ1n) is 4.91. The van der Waals surface area contributed by atoms with Crippen LogP contribution in [0.2, 0.25) is 0 Å². The van der Waals surface area contributed by atoms with E-state index in [-0.39, 0.29) is 0 Å². The zero-order valence-electron chi connectivity index (χ0n) is 8.99. The number of H-pyrrole nitrogens is 1. The van der Waals surface area contributed by atoms with Gasteiger partial charge in [-0.2, -0.15) is 5.10 Å². The van der Waals surface area contributed by atoms with Crippen LogP contribution in [0.15, 0.2) is 18.3 Å². The van der Waals surface area contributed by atoms with E-state index in [1.54, 1.807) is 18.3 Å². The van der Waals surface area contributed by atoms with Crippen molar-refractivity contribution < 1.29 is 0 Å². The van der Waals surface area contributed by atoms with Gasteiger partial charge in [-0.1, -0.05) is 0 Å². The van der Waals surface area contributed by atoms with E-state index in [1.807, 2.05) is 6.92 Å². The van der Waals surface area contributed by atoms with Crippen molar-refractivity contribution >= 4 is 17.3 Å². The van der Waals surface area contributed by atoms with E-state index in [4.69, 9.17) is 11.5 Å². The summed E-state index contributed by atoms with van der Waals surface area (Å²) in [7, 11) is 0. The first-order valence-corrected chi connectivity index (χ1v) is 4.91. The van der Waals surface area contributed by atoms with Gasteiger partial charge in [0, 0.05) is 17.8 Å². The normalized spacial score (nSPS) is 10.3. The molecular weight excluding hydrogens is 204 g/mol. The highest BCUT2D eigenvalue weighted by Crippen LogP contribution is 2.15. The molecule has 0 amide bonds. The van der Waals surface area contributed by atoms with E-state index in [0.717, 1.165) is 11.3 Å². The molecule has 2 aromatic heterocycles. The molecule has 0 unspecified atom stereocenters. The van der Waals surface area contributed by atoms with Crippen LogP contribution in [-0.4, -0.2) is 15.2 Å². The van der Waals surface area contributed by atoms with E-state index in [2.05, 4.69) is 20.5 Å². The summed E-state index contributed by atoms with van der Waals surface area (Å²) in [6, 6.07) is 3.52. The van der Waals surface area contributed by atoms with E-state index in [1.165, 1.54) is 0 Å². The first kappa shape index (κ1) is 10.3. The molecule has 2 aromatic rings. The number of hydrogen-bond donors (Lipinski definition) is 4. The van der Waals surface area contributed by atoms with Gasteiger partial charge in [0.05, 0.1) is 11.9 Å². The van der Waals surface area contributed by atoms with Crippen LogP contribution in [0, 0.1) is 6.92 Å². The predicted octanol–water partition coefficient (Wildman–Crippen LogP) is 0.890. The Kier molecular flexibility index (Phi) is 2.63. The SMILES string of the molecule is Cc1[nH]ncc1CNc1ccc(N)c(N)n1. The Morgan fingerprint density at radius 1 is 1.38 bits per heavy atom. The fourth-order valence-corrected chi connectivity index (χ4v) is 1.32. The van der Waals surface area contributed by atoms with Crippen LogP contribution in [0.3, 0.4) is 0 Å². The van der Waals surface area contributed by atoms with Crippen LogP contribution in [0.4, 0.5) is 17.3 Å². The second-order valence-corrected chi connectivity index (χ2v) is 3.54. The predicted molar refractivity (Wildman–Crippen MR) is 63.7 cm³/mol. The van der Waals surface area contributed by atoms with E-state index in [0.29, 0.717) is 23.9 Å². The van der Waals surface area contributed by atoms with Crippen LogP contribution in [0.25, 0.3) is 0 Å². The monoisotopic (exact) mass is 218 g/mol. The highest BCUT2D eigenvalue weighted by molar-refractivity contribution is 5.61. The zero-order valence-corrected chi connectivity index (χ0v) is 8.99. The number of hydrogen-bond acceptors (Lipinski definition) is 5. The highest BCUT2D eigenvalue weighted by atomic mass is 15.1. The third-order valence-corrected chi connectivity index (χ3v) is 2.35. The molecule has 0 aromatic carbocycles. The highest BCUT2D eigenvalue weighted by Gasteiger charge is 2.02. The molecule has 6 nitrogen and oxygen atoms in total. The molecule has 2 rings (SSSR count). The molecule has 0 bridgehead atoms. The lowest BCUT2D eigenvalue weighted by Crippen LogP contribution is -2.04. The van der Waals surface area contributed by atoms with Gasteiger partial charge < -0.3 is 16.8 Å². The van der Waals surface area contributed by atoms with Gasteiger partial charge in [0.2, 0.25) is 0 Å². The van der Waals surface area contributed by atoms with Gasteiger partial charge >= 0.3 is 0 Å². The Bertz CT molecular complexity index is 490. The van der Waals surface area contributed by atoms with Gasteiger partial charge in [-0.05, 0) is 19.1 Å². The fraction of sp³-hybridized carbons (Fsp3) is 0.200. The Morgan fingerprint density at radius 3 is 2.81 bits per heavy atom. The minimum absolute atomic E-state index is 0.342. The van der Waals surface area contributed by atoms with E-state index >= 15 is 0 Å². The summed E-state index contributed by atoms with van der Waals surface area (Å²) in [5.41, 5.74) is 13.8. The lowest BCUT2D eigenvalue weighted by molar-refractivity contribution is 1.04. The topological polar surface area (TPSA) is 106 Å². The Labute approximate surface area is 93.1 Å². The van der Waals surface area contributed by atoms with Crippen LogP contribution in [0.1, 0.15) is 11.3 Å². The summed E-state index contributed by atoms with van der Waals surface area (Å²) >= 11 is 0. The van der Waals surface area contributed by atoms with Gasteiger partial charge in [-0.3, -0.25) is 5.10 Å². The Morgan fingerprint density at radius 2 is 2.19 bits per heavy atom. The maximum absolute atomic E-state index is 5.60. The number of nitrogens with one attached hydrogen (secondary N) is 2. The molecule has 0 saturated heterocycles. The second kappa shape index (κ2) is 4.09. The standard InChI is InChI=1S/C10H14N6/c1-6-7(5-14-16-6)4-13-9-3-2-8(11)10(12)15-9/h2-3,5H,4,11H2,1H3,(H,14,16)(H3,12,13,15). The summed E-state index contributed by atoms with van der Waals surface area (Å²) in [6.07, 6.45) is 1.78. The number of nitrogens with two attached hydrogens (primary N) is 2. The van der Waals surface area contributed by atoms with Crippen molar-refractivity contribution in [3.63, 3.8) is 0 Å². The van der Waals surface area contributed by atoms with Crippen LogP contribution < -0.4 is 16.8 Å². The summed E-state index contributed by atoms with van der Waals surface area (Å²) in [5, 5.41) is 9.96. The number of aromatic nitrogens is 3. The maximum Gasteiger partial charge on any atom is 0.149 e. The van der Waals surface area contributed by atoms with Crippen LogP contribution in [0.5, 0.6) is 0 Å². The molecule has 0 radical (unpaired) electrons. The van der Waals surface area contributed by atoms with Crippen molar-refractivity contribution in [3.8, 4) is 0 Å². The number of aromatic amines is 1. The molecule has 6 heteroatoms. The largest absolute Gasteiger partial charge is 0.396 e. The van der Waals surface area contributed by atoms with Crippen molar-refractivity contribution in [2.45, 2.75) is 13.5 Å². The lowest BCUT2D eigenvalue weighted by Gasteiger charge is -2.06. The molecule has 0 saturated carbocycles. The Balaban J connectivity index is 2.05. The smallest absolute Gasteiger partial charge is 0.149 e. The van der Waals surface area contributed by atoms with Gasteiger partial charge in [-0.15, -0.1) is 0 Å². The van der Waals surface area contributed by atoms with Gasteiger partial charge in [0.25, 0.3) is 0 Å². The summed E-state index contributed by atoms with van der Waals surface area (Å²) in [5.74, 6) is 1.04. The molecule has 0 spiro atoms. The molecule has 0 aliphatic carbocycles. The first-order chi connectivity index (χ1) is 7.66. The molecule has 84 valence electrons. The number of pyridine rings is 1. The van der Waals surface area contributed by atoms with Crippen LogP contribution >= 0.6 is 0 Å². The maximum atomic E-state index is 5.60. The molecule has 0 fully saturated rings. The Hall–Kier alpha value is -2.24. The molecule has 0 aliphatic rings. The summed E-state index contributed by atoms with van der Waals surface area (Å²) in [4.78, 5) is 4.11. The van der Waals surface area contributed by atoms with Crippen molar-refractivity contribution in [1.82, 2.24) is 15.2 Å². The third-order valence-electron chi connectivity index (χ3n) is 2.35. The van der Waals surface area contributed by atoms with Crippen molar-refractivity contribution in [2.24, 2.45) is 0 Å². The van der Waals surface area contributed by atoms with Crippen molar-refractivity contribution in [2.75, 3.05) is 16.8 Å².